The first kappa shape index (κ1) is 21.6. The van der Waals surface area contributed by atoms with Crippen LogP contribution in [0.2, 0.25) is 0 Å². The number of nitrogens with two attached hydrogens (primary N) is 1. The van der Waals surface area contributed by atoms with Gasteiger partial charge in [0.2, 0.25) is 5.91 Å². The summed E-state index contributed by atoms with van der Waals surface area (Å²) in [6, 6.07) is 0.145. The molecule has 1 aromatic rings. The van der Waals surface area contributed by atoms with Gasteiger partial charge >= 0.3 is 6.03 Å². The van der Waals surface area contributed by atoms with Crippen molar-refractivity contribution in [3.05, 3.63) is 16.0 Å². The number of rotatable bonds is 6. The van der Waals surface area contributed by atoms with E-state index in [1.54, 1.807) is 4.90 Å². The molecule has 0 aromatic carbocycles. The predicted octanol–water partition coefficient (Wildman–Crippen LogP) is 3.69. The number of thiophene rings is 1. The van der Waals surface area contributed by atoms with Crippen molar-refractivity contribution in [1.82, 2.24) is 10.2 Å². The van der Waals surface area contributed by atoms with E-state index in [-0.39, 0.29) is 30.6 Å². The van der Waals surface area contributed by atoms with E-state index in [0.29, 0.717) is 10.6 Å². The molecule has 1 aromatic heterocycles. The number of urea groups is 1. The fourth-order valence-corrected chi connectivity index (χ4v) is 5.50. The van der Waals surface area contributed by atoms with Gasteiger partial charge in [0, 0.05) is 17.0 Å². The van der Waals surface area contributed by atoms with Crippen LogP contribution in [0.1, 0.15) is 78.6 Å². The van der Waals surface area contributed by atoms with Crippen LogP contribution in [0.5, 0.6) is 0 Å². The number of hydrogen-bond donors (Lipinski definition) is 3. The predicted molar refractivity (Wildman–Crippen MR) is 115 cm³/mol. The molecule has 1 heterocycles. The van der Waals surface area contributed by atoms with Crippen LogP contribution in [-0.4, -0.2) is 41.4 Å². The Bertz CT molecular complexity index is 764. The number of hydrogen-bond acceptors (Lipinski definition) is 4. The molecule has 3 rings (SSSR count). The Morgan fingerprint density at radius 2 is 1.66 bits per heavy atom. The number of aryl methyl sites for hydroxylation is 1. The average molecular weight is 421 g/mol. The molecule has 4 amide bonds. The Morgan fingerprint density at radius 3 is 2.28 bits per heavy atom. The summed E-state index contributed by atoms with van der Waals surface area (Å²) < 4.78 is 0. The lowest BCUT2D eigenvalue weighted by atomic mass is 9.96. The summed E-state index contributed by atoms with van der Waals surface area (Å²) in [5.41, 5.74) is 6.65. The molecule has 0 radical (unpaired) electrons. The van der Waals surface area contributed by atoms with E-state index in [9.17, 15) is 14.4 Å². The van der Waals surface area contributed by atoms with E-state index < -0.39 is 5.91 Å². The van der Waals surface area contributed by atoms with Gasteiger partial charge in [0.1, 0.15) is 11.5 Å². The fourth-order valence-electron chi connectivity index (χ4n) is 4.42. The molecule has 0 unspecified atom stereocenters. The highest BCUT2D eigenvalue weighted by Gasteiger charge is 2.30. The first-order chi connectivity index (χ1) is 13.9. The zero-order valence-electron chi connectivity index (χ0n) is 17.4. The van der Waals surface area contributed by atoms with Crippen LogP contribution in [-0.2, 0) is 4.79 Å². The van der Waals surface area contributed by atoms with Crippen molar-refractivity contribution in [3.63, 3.8) is 0 Å². The Morgan fingerprint density at radius 1 is 1.03 bits per heavy atom. The summed E-state index contributed by atoms with van der Waals surface area (Å²) >= 11 is 1.34. The molecule has 0 bridgehead atoms. The third-order valence-corrected chi connectivity index (χ3v) is 7.28. The van der Waals surface area contributed by atoms with Gasteiger partial charge in [0.25, 0.3) is 5.91 Å². The molecule has 2 aliphatic carbocycles. The molecule has 0 aliphatic heterocycles. The third kappa shape index (κ3) is 5.29. The third-order valence-electron chi connectivity index (χ3n) is 6.16. The molecule has 2 aliphatic rings. The summed E-state index contributed by atoms with van der Waals surface area (Å²) in [7, 11) is 0. The molecular formula is C21H32N4O3S. The van der Waals surface area contributed by atoms with Crippen LogP contribution in [0.15, 0.2) is 0 Å². The van der Waals surface area contributed by atoms with Gasteiger partial charge in [-0.15, -0.1) is 11.3 Å². The van der Waals surface area contributed by atoms with Gasteiger partial charge in [-0.25, -0.2) is 4.79 Å². The SMILES string of the molecule is Cc1sc(NC(=O)CN(C(=O)NC2CCCCC2)C2CCCC2)c(C(N)=O)c1C. The maximum Gasteiger partial charge on any atom is 0.318 e. The van der Waals surface area contributed by atoms with Gasteiger partial charge in [-0.05, 0) is 45.1 Å². The second kappa shape index (κ2) is 9.61. The van der Waals surface area contributed by atoms with Crippen molar-refractivity contribution in [2.45, 2.75) is 83.7 Å². The van der Waals surface area contributed by atoms with Crippen molar-refractivity contribution in [3.8, 4) is 0 Å². The van der Waals surface area contributed by atoms with E-state index in [1.165, 1.54) is 17.8 Å². The van der Waals surface area contributed by atoms with Gasteiger partial charge in [-0.3, -0.25) is 9.59 Å². The highest BCUT2D eigenvalue weighted by molar-refractivity contribution is 7.16. The zero-order chi connectivity index (χ0) is 21.0. The first-order valence-electron chi connectivity index (χ1n) is 10.6. The van der Waals surface area contributed by atoms with Crippen LogP contribution >= 0.6 is 11.3 Å². The van der Waals surface area contributed by atoms with Crippen LogP contribution < -0.4 is 16.4 Å². The second-order valence-electron chi connectivity index (χ2n) is 8.25. The lowest BCUT2D eigenvalue weighted by Gasteiger charge is -2.31. The minimum Gasteiger partial charge on any atom is -0.365 e. The van der Waals surface area contributed by atoms with Gasteiger partial charge in [0.05, 0.1) is 5.56 Å². The number of primary amides is 1. The Balaban J connectivity index is 1.69. The number of amides is 4. The van der Waals surface area contributed by atoms with Crippen molar-refractivity contribution < 1.29 is 14.4 Å². The topological polar surface area (TPSA) is 105 Å². The summed E-state index contributed by atoms with van der Waals surface area (Å²) in [6.07, 6.45) is 9.53. The lowest BCUT2D eigenvalue weighted by molar-refractivity contribution is -0.117. The van der Waals surface area contributed by atoms with Crippen LogP contribution in [0, 0.1) is 13.8 Å². The number of nitrogens with one attached hydrogen (secondary N) is 2. The number of anilines is 1. The standard InChI is InChI=1S/C21H32N4O3S/c1-13-14(2)29-20(18(13)19(22)27)24-17(26)12-25(16-10-6-7-11-16)21(28)23-15-8-4-3-5-9-15/h15-16H,3-12H2,1-2H3,(H2,22,27)(H,23,28)(H,24,26). The second-order valence-corrected chi connectivity index (χ2v) is 9.48. The summed E-state index contributed by atoms with van der Waals surface area (Å²) in [5, 5.41) is 6.44. The molecule has 29 heavy (non-hydrogen) atoms. The average Bonchev–Trinajstić information content (AvgIpc) is 3.29. The number of nitrogens with zero attached hydrogens (tertiary/aromatic N) is 1. The molecule has 0 spiro atoms. The largest absolute Gasteiger partial charge is 0.365 e. The quantitative estimate of drug-likeness (QED) is 0.653. The molecule has 2 fully saturated rings. The summed E-state index contributed by atoms with van der Waals surface area (Å²) in [5.74, 6) is -0.843. The minimum absolute atomic E-state index is 0.0165. The normalized spacial score (nSPS) is 17.9. The maximum absolute atomic E-state index is 13.0. The number of carbonyl (C=O) groups excluding carboxylic acids is 3. The molecule has 4 N–H and O–H groups in total. The van der Waals surface area contributed by atoms with Gasteiger partial charge in [-0.2, -0.15) is 0 Å². The Labute approximate surface area is 176 Å². The van der Waals surface area contributed by atoms with E-state index in [2.05, 4.69) is 10.6 Å². The maximum atomic E-state index is 13.0. The first-order valence-corrected chi connectivity index (χ1v) is 11.4. The van der Waals surface area contributed by atoms with Crippen LogP contribution in [0.4, 0.5) is 9.80 Å². The van der Waals surface area contributed by atoms with Crippen molar-refractivity contribution >= 4 is 34.2 Å². The molecule has 2 saturated carbocycles. The van der Waals surface area contributed by atoms with Gasteiger partial charge in [0.15, 0.2) is 0 Å². The van der Waals surface area contributed by atoms with Crippen molar-refractivity contribution in [2.75, 3.05) is 11.9 Å². The van der Waals surface area contributed by atoms with Crippen molar-refractivity contribution in [2.24, 2.45) is 5.73 Å². The van der Waals surface area contributed by atoms with E-state index in [0.717, 1.165) is 61.8 Å². The fraction of sp³-hybridized carbons (Fsp3) is 0.667. The van der Waals surface area contributed by atoms with Gasteiger partial charge < -0.3 is 21.3 Å². The lowest BCUT2D eigenvalue weighted by Crippen LogP contribution is -2.51. The molecule has 8 heteroatoms. The highest BCUT2D eigenvalue weighted by Crippen LogP contribution is 2.32. The molecule has 7 nitrogen and oxygen atoms in total. The Kier molecular flexibility index (Phi) is 7.16. The monoisotopic (exact) mass is 420 g/mol. The van der Waals surface area contributed by atoms with E-state index in [1.807, 2.05) is 13.8 Å². The zero-order valence-corrected chi connectivity index (χ0v) is 18.2. The summed E-state index contributed by atoms with van der Waals surface area (Å²) in [4.78, 5) is 40.2. The highest BCUT2D eigenvalue weighted by atomic mass is 32.1. The molecule has 0 atom stereocenters. The molecule has 0 saturated heterocycles. The van der Waals surface area contributed by atoms with E-state index in [4.69, 9.17) is 5.73 Å². The molecule has 160 valence electrons. The van der Waals surface area contributed by atoms with Crippen LogP contribution in [0.25, 0.3) is 0 Å². The van der Waals surface area contributed by atoms with E-state index >= 15 is 0 Å². The van der Waals surface area contributed by atoms with Crippen LogP contribution in [0.3, 0.4) is 0 Å². The van der Waals surface area contributed by atoms with Gasteiger partial charge in [-0.1, -0.05) is 32.1 Å². The smallest absolute Gasteiger partial charge is 0.318 e. The van der Waals surface area contributed by atoms with Crippen molar-refractivity contribution in [1.29, 1.82) is 0 Å². The molecular weight excluding hydrogens is 388 g/mol. The number of carbonyl (C=O) groups is 3. The Hall–Kier alpha value is -2.09. The summed E-state index contributed by atoms with van der Waals surface area (Å²) in [6.45, 7) is 3.70. The minimum atomic E-state index is -0.551.